The number of halogens is 1. The van der Waals surface area contributed by atoms with E-state index in [1.165, 1.54) is 10.4 Å². The van der Waals surface area contributed by atoms with Crippen LogP contribution >= 0.6 is 11.6 Å². The van der Waals surface area contributed by atoms with E-state index in [-0.39, 0.29) is 16.0 Å². The molecule has 1 fully saturated rings. The maximum absolute atomic E-state index is 12.6. The highest BCUT2D eigenvalue weighted by Gasteiger charge is 2.30. The highest BCUT2D eigenvalue weighted by Crippen LogP contribution is 2.28. The number of rotatable bonds is 4. The summed E-state index contributed by atoms with van der Waals surface area (Å²) in [5.74, 6) is 0. The van der Waals surface area contributed by atoms with E-state index < -0.39 is 10.0 Å². The smallest absolute Gasteiger partial charge is 0.244 e. The third kappa shape index (κ3) is 3.15. The van der Waals surface area contributed by atoms with Crippen molar-refractivity contribution in [3.05, 3.63) is 28.8 Å². The zero-order valence-electron chi connectivity index (χ0n) is 11.4. The van der Waals surface area contributed by atoms with Crippen LogP contribution in [0.15, 0.2) is 23.1 Å². The summed E-state index contributed by atoms with van der Waals surface area (Å²) in [5, 5.41) is 0.215. The Hall–Kier alpha value is -0.660. The summed E-state index contributed by atoms with van der Waals surface area (Å²) < 4.78 is 31.9. The molecule has 1 aliphatic rings. The van der Waals surface area contributed by atoms with E-state index >= 15 is 0 Å². The first-order chi connectivity index (χ1) is 9.46. The summed E-state index contributed by atoms with van der Waals surface area (Å²) in [6, 6.07) is 4.78. The second-order valence-corrected chi connectivity index (χ2v) is 7.21. The topological polar surface area (TPSA) is 72.6 Å². The van der Waals surface area contributed by atoms with Gasteiger partial charge in [-0.15, -0.1) is 0 Å². The normalized spacial score (nSPS) is 17.6. The minimum atomic E-state index is -3.59. The van der Waals surface area contributed by atoms with Crippen LogP contribution in [0, 0.1) is 0 Å². The largest absolute Gasteiger partial charge is 0.381 e. The van der Waals surface area contributed by atoms with Crippen molar-refractivity contribution in [3.8, 4) is 0 Å². The second kappa shape index (κ2) is 6.41. The van der Waals surface area contributed by atoms with Crippen LogP contribution in [0.25, 0.3) is 0 Å². The molecule has 1 heterocycles. The molecule has 0 atom stereocenters. The molecule has 20 heavy (non-hydrogen) atoms. The third-order valence-electron chi connectivity index (χ3n) is 3.59. The number of hydrogen-bond acceptors (Lipinski definition) is 4. The van der Waals surface area contributed by atoms with Crippen LogP contribution in [-0.4, -0.2) is 39.0 Å². The average molecular weight is 319 g/mol. The zero-order valence-corrected chi connectivity index (χ0v) is 13.0. The fourth-order valence-corrected chi connectivity index (χ4v) is 4.24. The van der Waals surface area contributed by atoms with Crippen molar-refractivity contribution < 1.29 is 13.2 Å². The van der Waals surface area contributed by atoms with E-state index in [0.29, 0.717) is 32.6 Å². The van der Waals surface area contributed by atoms with Gasteiger partial charge in [0.05, 0.1) is 5.02 Å². The fourth-order valence-electron chi connectivity index (χ4n) is 2.28. The molecule has 0 aromatic heterocycles. The minimum Gasteiger partial charge on any atom is -0.381 e. The van der Waals surface area contributed by atoms with Crippen LogP contribution < -0.4 is 5.73 Å². The van der Waals surface area contributed by atoms with Gasteiger partial charge in [-0.05, 0) is 30.5 Å². The summed E-state index contributed by atoms with van der Waals surface area (Å²) >= 11 is 6.09. The molecule has 1 saturated heterocycles. The monoisotopic (exact) mass is 318 g/mol. The molecule has 0 aliphatic carbocycles. The fraction of sp³-hybridized carbons (Fsp3) is 0.538. The summed E-state index contributed by atoms with van der Waals surface area (Å²) in [6.45, 7) is 1.50. The van der Waals surface area contributed by atoms with Crippen molar-refractivity contribution in [3.63, 3.8) is 0 Å². The minimum absolute atomic E-state index is 0.0426. The molecule has 2 N–H and O–H groups in total. The van der Waals surface area contributed by atoms with Gasteiger partial charge in [-0.3, -0.25) is 0 Å². The van der Waals surface area contributed by atoms with Gasteiger partial charge in [0.25, 0.3) is 0 Å². The van der Waals surface area contributed by atoms with Crippen LogP contribution in [0.4, 0.5) is 0 Å². The van der Waals surface area contributed by atoms with Crippen LogP contribution in [0.5, 0.6) is 0 Å². The van der Waals surface area contributed by atoms with Crippen molar-refractivity contribution in [2.75, 3.05) is 20.3 Å². The van der Waals surface area contributed by atoms with Gasteiger partial charge in [0.2, 0.25) is 10.0 Å². The molecule has 0 unspecified atom stereocenters. The lowest BCUT2D eigenvalue weighted by atomic mass is 10.1. The van der Waals surface area contributed by atoms with Crippen LogP contribution in [0.2, 0.25) is 5.02 Å². The third-order valence-corrected chi connectivity index (χ3v) is 5.99. The first-order valence-corrected chi connectivity index (χ1v) is 8.33. The second-order valence-electron chi connectivity index (χ2n) is 4.83. The number of hydrogen-bond donors (Lipinski definition) is 1. The molecule has 1 aromatic carbocycles. The lowest BCUT2D eigenvalue weighted by Gasteiger charge is -2.30. The van der Waals surface area contributed by atoms with Crippen LogP contribution in [-0.2, 0) is 21.3 Å². The Morgan fingerprint density at radius 1 is 1.40 bits per heavy atom. The van der Waals surface area contributed by atoms with Gasteiger partial charge in [-0.1, -0.05) is 17.7 Å². The molecule has 112 valence electrons. The maximum Gasteiger partial charge on any atom is 0.244 e. The van der Waals surface area contributed by atoms with Gasteiger partial charge >= 0.3 is 0 Å². The lowest BCUT2D eigenvalue weighted by Crippen LogP contribution is -2.40. The molecule has 0 saturated carbocycles. The van der Waals surface area contributed by atoms with Crippen molar-refractivity contribution in [2.45, 2.75) is 30.3 Å². The van der Waals surface area contributed by atoms with Crippen molar-refractivity contribution in [1.82, 2.24) is 4.31 Å². The predicted octanol–water partition coefficient (Wildman–Crippen LogP) is 1.60. The number of ether oxygens (including phenoxy) is 1. The van der Waals surface area contributed by atoms with E-state index in [0.717, 1.165) is 5.56 Å². The summed E-state index contributed by atoms with van der Waals surface area (Å²) in [4.78, 5) is 0.130. The van der Waals surface area contributed by atoms with Gasteiger partial charge in [-0.25, -0.2) is 8.42 Å². The molecular formula is C13H19ClN2O3S. The Balaban J connectivity index is 2.29. The molecule has 2 rings (SSSR count). The number of nitrogens with zero attached hydrogens (tertiary/aromatic N) is 1. The Morgan fingerprint density at radius 2 is 2.05 bits per heavy atom. The van der Waals surface area contributed by atoms with E-state index in [9.17, 15) is 8.42 Å². The Kier molecular flexibility index (Phi) is 5.04. The van der Waals surface area contributed by atoms with Crippen molar-refractivity contribution in [2.24, 2.45) is 5.73 Å². The zero-order chi connectivity index (χ0) is 14.8. The average Bonchev–Trinajstić information content (AvgIpc) is 2.46. The molecule has 0 radical (unpaired) electrons. The summed E-state index contributed by atoms with van der Waals surface area (Å²) in [5.41, 5.74) is 6.33. The van der Waals surface area contributed by atoms with E-state index in [4.69, 9.17) is 22.1 Å². The highest BCUT2D eigenvalue weighted by atomic mass is 35.5. The molecule has 7 heteroatoms. The Labute approximate surface area is 124 Å². The Morgan fingerprint density at radius 3 is 2.60 bits per heavy atom. The first-order valence-electron chi connectivity index (χ1n) is 6.51. The maximum atomic E-state index is 12.6. The molecule has 5 nitrogen and oxygen atoms in total. The Bertz CT molecular complexity index is 571. The molecular weight excluding hydrogens is 300 g/mol. The van der Waals surface area contributed by atoms with Crippen molar-refractivity contribution >= 4 is 21.6 Å². The highest BCUT2D eigenvalue weighted by molar-refractivity contribution is 7.89. The van der Waals surface area contributed by atoms with Crippen LogP contribution in [0.1, 0.15) is 18.4 Å². The number of benzene rings is 1. The first kappa shape index (κ1) is 15.7. The standard InChI is InChI=1S/C13H19ClN2O3S/c1-16(11-4-6-19-7-5-11)20(17,18)13-3-2-10(9-15)8-12(13)14/h2-3,8,11H,4-7,9,15H2,1H3. The van der Waals surface area contributed by atoms with Gasteiger partial charge in [0, 0.05) is 32.8 Å². The summed E-state index contributed by atoms with van der Waals surface area (Å²) in [7, 11) is -1.99. The predicted molar refractivity (Wildman–Crippen MR) is 78.1 cm³/mol. The SMILES string of the molecule is CN(C1CCOCC1)S(=O)(=O)c1ccc(CN)cc1Cl. The molecule has 1 aliphatic heterocycles. The molecule has 0 bridgehead atoms. The quantitative estimate of drug-likeness (QED) is 0.915. The molecule has 0 amide bonds. The summed E-state index contributed by atoms with van der Waals surface area (Å²) in [6.07, 6.45) is 1.41. The van der Waals surface area contributed by atoms with E-state index in [1.54, 1.807) is 19.2 Å². The van der Waals surface area contributed by atoms with Gasteiger partial charge in [0.15, 0.2) is 0 Å². The molecule has 1 aromatic rings. The van der Waals surface area contributed by atoms with Crippen molar-refractivity contribution in [1.29, 1.82) is 0 Å². The molecule has 0 spiro atoms. The van der Waals surface area contributed by atoms with Gasteiger partial charge in [0.1, 0.15) is 4.90 Å². The number of nitrogens with two attached hydrogens (primary N) is 1. The van der Waals surface area contributed by atoms with Gasteiger partial charge < -0.3 is 10.5 Å². The van der Waals surface area contributed by atoms with Crippen LogP contribution in [0.3, 0.4) is 0 Å². The van der Waals surface area contributed by atoms with E-state index in [1.807, 2.05) is 0 Å². The van der Waals surface area contributed by atoms with Gasteiger partial charge in [-0.2, -0.15) is 4.31 Å². The lowest BCUT2D eigenvalue weighted by molar-refractivity contribution is 0.0632. The van der Waals surface area contributed by atoms with E-state index in [2.05, 4.69) is 0 Å². The number of sulfonamides is 1.